The summed E-state index contributed by atoms with van der Waals surface area (Å²) in [5.41, 5.74) is 4.25. The van der Waals surface area contributed by atoms with Crippen LogP contribution in [0.5, 0.6) is 0 Å². The summed E-state index contributed by atoms with van der Waals surface area (Å²) in [6, 6.07) is 0. The second kappa shape index (κ2) is 4.18. The molecule has 0 spiro atoms. The highest BCUT2D eigenvalue weighted by atomic mass is 19.4. The fraction of sp³-hybridized carbons (Fsp3) is 0.429. The van der Waals surface area contributed by atoms with Gasteiger partial charge in [0, 0.05) is 6.54 Å². The van der Waals surface area contributed by atoms with Gasteiger partial charge >= 0.3 is 6.18 Å². The summed E-state index contributed by atoms with van der Waals surface area (Å²) in [6.45, 7) is 1.43. The van der Waals surface area contributed by atoms with Gasteiger partial charge < -0.3 is 5.73 Å². The Morgan fingerprint density at radius 1 is 1.45 bits per heavy atom. The molecule has 0 radical (unpaired) electrons. The van der Waals surface area contributed by atoms with Gasteiger partial charge in [0.15, 0.2) is 0 Å². The van der Waals surface area contributed by atoms with Gasteiger partial charge in [0.25, 0.3) is 0 Å². The lowest BCUT2D eigenvalue weighted by atomic mass is 10.2. The van der Waals surface area contributed by atoms with Gasteiger partial charge in [-0.15, -0.1) is 0 Å². The minimum absolute atomic E-state index is 0.0980. The van der Waals surface area contributed by atoms with Gasteiger partial charge in [0.2, 0.25) is 0 Å². The minimum Gasteiger partial charge on any atom is -0.327 e. The van der Waals surface area contributed by atoms with Crippen molar-refractivity contribution in [1.82, 2.24) is 0 Å². The molecule has 0 aliphatic carbocycles. The van der Waals surface area contributed by atoms with Crippen LogP contribution in [0.4, 0.5) is 13.2 Å². The fourth-order valence-electron chi connectivity index (χ4n) is 0.585. The van der Waals surface area contributed by atoms with Crippen molar-refractivity contribution in [2.75, 3.05) is 6.54 Å². The van der Waals surface area contributed by atoms with Crippen LogP contribution in [0.25, 0.3) is 0 Å². The Bertz CT molecular complexity index is 167. The van der Waals surface area contributed by atoms with Crippen LogP contribution in [0.2, 0.25) is 0 Å². The zero-order valence-electron chi connectivity index (χ0n) is 6.15. The molecule has 64 valence electrons. The summed E-state index contributed by atoms with van der Waals surface area (Å²) in [7, 11) is 0. The maximum atomic E-state index is 11.9. The van der Waals surface area contributed by atoms with E-state index in [9.17, 15) is 13.2 Å². The summed E-state index contributed by atoms with van der Waals surface area (Å²) >= 11 is 0. The molecule has 0 aromatic carbocycles. The molecule has 1 nitrogen and oxygen atoms in total. The number of allylic oxidation sites excluding steroid dienone is 3. The third kappa shape index (κ3) is 3.83. The first kappa shape index (κ1) is 10.2. The third-order valence-electron chi connectivity index (χ3n) is 1.01. The predicted octanol–water partition coefficient (Wildman–Crippen LogP) is 2.01. The van der Waals surface area contributed by atoms with Crippen molar-refractivity contribution in [1.29, 1.82) is 0 Å². The topological polar surface area (TPSA) is 26.0 Å². The summed E-state index contributed by atoms with van der Waals surface area (Å²) < 4.78 is 35.8. The third-order valence-corrected chi connectivity index (χ3v) is 1.01. The molecular formula is C7H10F3N. The highest BCUT2D eigenvalue weighted by Crippen LogP contribution is 2.25. The van der Waals surface area contributed by atoms with E-state index >= 15 is 0 Å². The maximum Gasteiger partial charge on any atom is 0.416 e. The molecule has 0 amide bonds. The lowest BCUT2D eigenvalue weighted by molar-refractivity contribution is -0.0883. The summed E-state index contributed by atoms with van der Waals surface area (Å²) in [4.78, 5) is 0. The lowest BCUT2D eigenvalue weighted by Gasteiger charge is -2.05. The van der Waals surface area contributed by atoms with E-state index in [0.29, 0.717) is 0 Å². The molecule has 0 unspecified atom stereocenters. The van der Waals surface area contributed by atoms with Crippen molar-refractivity contribution >= 4 is 0 Å². The number of nitrogens with two attached hydrogens (primary N) is 1. The van der Waals surface area contributed by atoms with Gasteiger partial charge in [-0.25, -0.2) is 0 Å². The Hall–Kier alpha value is -0.770. The van der Waals surface area contributed by atoms with Crippen LogP contribution in [0, 0.1) is 0 Å². The summed E-state index contributed by atoms with van der Waals surface area (Å²) in [5, 5.41) is 0. The van der Waals surface area contributed by atoms with Crippen molar-refractivity contribution in [3.05, 3.63) is 23.8 Å². The molecule has 0 fully saturated rings. The largest absolute Gasteiger partial charge is 0.416 e. The van der Waals surface area contributed by atoms with Gasteiger partial charge in [0.05, 0.1) is 5.57 Å². The number of hydrogen-bond donors (Lipinski definition) is 1. The van der Waals surface area contributed by atoms with E-state index in [1.54, 1.807) is 0 Å². The highest BCUT2D eigenvalue weighted by Gasteiger charge is 2.30. The summed E-state index contributed by atoms with van der Waals surface area (Å²) in [6.07, 6.45) is -1.02. The second-order valence-electron chi connectivity index (χ2n) is 1.89. The Balaban J connectivity index is 4.48. The van der Waals surface area contributed by atoms with E-state index in [4.69, 9.17) is 5.73 Å². The molecule has 0 atom stereocenters. The molecule has 0 aromatic heterocycles. The molecule has 0 aliphatic rings. The zero-order valence-corrected chi connectivity index (χ0v) is 6.15. The first-order chi connectivity index (χ1) is 5.02. The Labute approximate surface area is 63.4 Å². The molecule has 0 aromatic rings. The van der Waals surface area contributed by atoms with Crippen molar-refractivity contribution in [2.45, 2.75) is 13.1 Å². The van der Waals surface area contributed by atoms with Crippen molar-refractivity contribution in [2.24, 2.45) is 5.73 Å². The van der Waals surface area contributed by atoms with E-state index in [0.717, 1.165) is 12.2 Å². The van der Waals surface area contributed by atoms with Crippen LogP contribution in [-0.4, -0.2) is 12.7 Å². The Morgan fingerprint density at radius 2 is 2.00 bits per heavy atom. The molecule has 11 heavy (non-hydrogen) atoms. The molecule has 0 bridgehead atoms. The van der Waals surface area contributed by atoms with E-state index in [1.165, 1.54) is 13.0 Å². The number of halogens is 3. The van der Waals surface area contributed by atoms with E-state index in [-0.39, 0.29) is 6.54 Å². The first-order valence-corrected chi connectivity index (χ1v) is 3.12. The summed E-state index contributed by atoms with van der Waals surface area (Å²) in [5.74, 6) is 0. The second-order valence-corrected chi connectivity index (χ2v) is 1.89. The first-order valence-electron chi connectivity index (χ1n) is 3.12. The van der Waals surface area contributed by atoms with Crippen LogP contribution in [0.15, 0.2) is 23.8 Å². The van der Waals surface area contributed by atoms with Crippen LogP contribution < -0.4 is 5.73 Å². The SMILES string of the molecule is C/C=C\C(=C/CN)C(F)(F)F. The minimum atomic E-state index is -4.29. The highest BCUT2D eigenvalue weighted by molar-refractivity contribution is 5.23. The van der Waals surface area contributed by atoms with Crippen molar-refractivity contribution < 1.29 is 13.2 Å². The van der Waals surface area contributed by atoms with Gasteiger partial charge in [-0.1, -0.05) is 18.2 Å². The molecule has 0 saturated carbocycles. The molecular weight excluding hydrogens is 155 g/mol. The van der Waals surface area contributed by atoms with Crippen molar-refractivity contribution in [3.63, 3.8) is 0 Å². The fourth-order valence-corrected chi connectivity index (χ4v) is 0.585. The van der Waals surface area contributed by atoms with Gasteiger partial charge in [0.1, 0.15) is 0 Å². The number of rotatable bonds is 2. The van der Waals surface area contributed by atoms with Gasteiger partial charge in [-0.2, -0.15) is 13.2 Å². The molecule has 0 saturated heterocycles. The number of alkyl halides is 3. The molecule has 2 N–H and O–H groups in total. The monoisotopic (exact) mass is 165 g/mol. The average molecular weight is 165 g/mol. The molecule has 0 aliphatic heterocycles. The smallest absolute Gasteiger partial charge is 0.327 e. The Kier molecular flexibility index (Phi) is 3.89. The van der Waals surface area contributed by atoms with Crippen LogP contribution in [0.3, 0.4) is 0 Å². The molecule has 4 heteroatoms. The molecule has 0 heterocycles. The predicted molar refractivity (Wildman–Crippen MR) is 38.0 cm³/mol. The quantitative estimate of drug-likeness (QED) is 0.622. The van der Waals surface area contributed by atoms with E-state index in [2.05, 4.69) is 0 Å². The average Bonchev–Trinajstić information content (AvgIpc) is 1.85. The lowest BCUT2D eigenvalue weighted by Crippen LogP contribution is -2.11. The normalized spacial score (nSPS) is 14.5. The van der Waals surface area contributed by atoms with E-state index in [1.807, 2.05) is 0 Å². The molecule has 0 rings (SSSR count). The zero-order chi connectivity index (χ0) is 8.91. The van der Waals surface area contributed by atoms with Gasteiger partial charge in [-0.05, 0) is 6.92 Å². The van der Waals surface area contributed by atoms with Crippen LogP contribution >= 0.6 is 0 Å². The standard InChI is InChI=1S/C7H10F3N/c1-2-3-6(4-5-11)7(8,9)10/h2-4H,5,11H2,1H3/b3-2-,6-4+. The van der Waals surface area contributed by atoms with Crippen LogP contribution in [-0.2, 0) is 0 Å². The maximum absolute atomic E-state index is 11.9. The Morgan fingerprint density at radius 3 is 2.27 bits per heavy atom. The van der Waals surface area contributed by atoms with E-state index < -0.39 is 11.7 Å². The van der Waals surface area contributed by atoms with Crippen molar-refractivity contribution in [3.8, 4) is 0 Å². The van der Waals surface area contributed by atoms with Gasteiger partial charge in [-0.3, -0.25) is 0 Å². The number of hydrogen-bond acceptors (Lipinski definition) is 1. The van der Waals surface area contributed by atoms with Crippen LogP contribution in [0.1, 0.15) is 6.92 Å².